The third-order valence-electron chi connectivity index (χ3n) is 5.36. The van der Waals surface area contributed by atoms with E-state index in [4.69, 9.17) is 0 Å². The average Bonchev–Trinajstić information content (AvgIpc) is 3.06. The molecule has 0 aliphatic carbocycles. The minimum Gasteiger partial charge on any atom is -0.389 e. The summed E-state index contributed by atoms with van der Waals surface area (Å²) in [4.78, 5) is 17.0. The fourth-order valence-corrected chi connectivity index (χ4v) is 4.30. The molecule has 3 aliphatic rings. The van der Waals surface area contributed by atoms with Crippen LogP contribution in [0.4, 0.5) is 0 Å². The summed E-state index contributed by atoms with van der Waals surface area (Å²) in [6.45, 7) is 2.16. The second-order valence-electron chi connectivity index (χ2n) is 6.61. The molecule has 0 aromatic heterocycles. The maximum atomic E-state index is 12.7. The van der Waals surface area contributed by atoms with Gasteiger partial charge in [0.15, 0.2) is 0 Å². The number of carbonyl (C=O) groups is 1. The Morgan fingerprint density at radius 3 is 2.67 bits per heavy atom. The van der Waals surface area contributed by atoms with Gasteiger partial charge < -0.3 is 10.0 Å². The van der Waals surface area contributed by atoms with Crippen molar-refractivity contribution in [3.63, 3.8) is 0 Å². The van der Waals surface area contributed by atoms with Crippen molar-refractivity contribution in [1.29, 1.82) is 0 Å². The quantitative estimate of drug-likeness (QED) is 0.894. The Bertz CT molecular complexity index is 527. The molecule has 0 unspecified atom stereocenters. The third kappa shape index (κ3) is 2.17. The number of nitrogens with zero attached hydrogens (tertiary/aromatic N) is 2. The lowest BCUT2D eigenvalue weighted by Gasteiger charge is -2.38. The second kappa shape index (κ2) is 5.11. The molecule has 4 rings (SSSR count). The summed E-state index contributed by atoms with van der Waals surface area (Å²) < 4.78 is 0. The number of hydrogen-bond acceptors (Lipinski definition) is 3. The van der Waals surface area contributed by atoms with E-state index in [9.17, 15) is 9.90 Å². The lowest BCUT2D eigenvalue weighted by atomic mass is 9.92. The second-order valence-corrected chi connectivity index (χ2v) is 6.61. The highest BCUT2D eigenvalue weighted by molar-refractivity contribution is 5.81. The smallest absolute Gasteiger partial charge is 0.227 e. The summed E-state index contributed by atoms with van der Waals surface area (Å²) in [7, 11) is 0. The largest absolute Gasteiger partial charge is 0.389 e. The van der Waals surface area contributed by atoms with Crippen LogP contribution in [0.2, 0.25) is 0 Å². The number of hydrogen-bond donors (Lipinski definition) is 1. The average molecular weight is 286 g/mol. The van der Waals surface area contributed by atoms with Gasteiger partial charge >= 0.3 is 0 Å². The molecular formula is C17H22N2O2. The van der Waals surface area contributed by atoms with Crippen molar-refractivity contribution >= 4 is 5.91 Å². The fraction of sp³-hybridized carbons (Fsp3) is 0.588. The first-order valence-corrected chi connectivity index (χ1v) is 8.01. The summed E-state index contributed by atoms with van der Waals surface area (Å²) in [6.07, 6.45) is 2.95. The van der Waals surface area contributed by atoms with Crippen LogP contribution in [0.15, 0.2) is 30.3 Å². The third-order valence-corrected chi connectivity index (χ3v) is 5.36. The Labute approximate surface area is 125 Å². The molecule has 0 spiro atoms. The van der Waals surface area contributed by atoms with E-state index in [1.165, 1.54) is 12.0 Å². The molecule has 21 heavy (non-hydrogen) atoms. The first-order chi connectivity index (χ1) is 10.2. The SMILES string of the molecule is O=C([C@@H]1C[C@H](c2ccccc2)N2CCC[C@@H]12)N1CC(O)C1. The van der Waals surface area contributed by atoms with Crippen LogP contribution in [0.3, 0.4) is 0 Å². The van der Waals surface area contributed by atoms with Gasteiger partial charge in [0.25, 0.3) is 0 Å². The number of aliphatic hydroxyl groups excluding tert-OH is 1. The number of benzene rings is 1. The lowest BCUT2D eigenvalue weighted by Crippen LogP contribution is -2.56. The summed E-state index contributed by atoms with van der Waals surface area (Å²) in [6, 6.07) is 11.4. The normalized spacial score (nSPS) is 33.0. The molecule has 1 aromatic carbocycles. The summed E-state index contributed by atoms with van der Waals surface area (Å²) in [5.41, 5.74) is 1.34. The van der Waals surface area contributed by atoms with Gasteiger partial charge in [-0.15, -0.1) is 0 Å². The van der Waals surface area contributed by atoms with Gasteiger partial charge in [-0.25, -0.2) is 0 Å². The van der Waals surface area contributed by atoms with Gasteiger partial charge in [-0.2, -0.15) is 0 Å². The molecule has 0 saturated carbocycles. The van der Waals surface area contributed by atoms with Crippen molar-refractivity contribution in [1.82, 2.24) is 9.80 Å². The van der Waals surface area contributed by atoms with Crippen LogP contribution in [-0.2, 0) is 4.79 Å². The number of rotatable bonds is 2. The van der Waals surface area contributed by atoms with Crippen molar-refractivity contribution in [3.8, 4) is 0 Å². The predicted octanol–water partition coefficient (Wildman–Crippen LogP) is 1.42. The Hall–Kier alpha value is -1.39. The number of carbonyl (C=O) groups excluding carboxylic acids is 1. The van der Waals surface area contributed by atoms with Gasteiger partial charge in [0.05, 0.1) is 12.0 Å². The van der Waals surface area contributed by atoms with Gasteiger partial charge in [-0.1, -0.05) is 30.3 Å². The van der Waals surface area contributed by atoms with E-state index < -0.39 is 0 Å². The van der Waals surface area contributed by atoms with Crippen LogP contribution < -0.4 is 0 Å². The molecular weight excluding hydrogens is 264 g/mol. The Morgan fingerprint density at radius 2 is 1.95 bits per heavy atom. The van der Waals surface area contributed by atoms with Gasteiger partial charge in [-0.3, -0.25) is 9.69 Å². The maximum Gasteiger partial charge on any atom is 0.227 e. The van der Waals surface area contributed by atoms with E-state index in [1.807, 2.05) is 11.0 Å². The minimum atomic E-state index is -0.306. The van der Waals surface area contributed by atoms with Crippen molar-refractivity contribution in [2.75, 3.05) is 19.6 Å². The van der Waals surface area contributed by atoms with Crippen LogP contribution in [0.25, 0.3) is 0 Å². The standard InChI is InChI=1S/C17H22N2O2/c20-13-10-18(11-13)17(21)14-9-16(12-5-2-1-3-6-12)19-8-4-7-15(14)19/h1-3,5-6,13-16,20H,4,7-11H2/t14-,15+,16-/m1/s1. The Morgan fingerprint density at radius 1 is 1.19 bits per heavy atom. The van der Waals surface area contributed by atoms with E-state index in [0.29, 0.717) is 25.2 Å². The topological polar surface area (TPSA) is 43.8 Å². The molecule has 3 atom stereocenters. The van der Waals surface area contributed by atoms with Crippen LogP contribution in [0.5, 0.6) is 0 Å². The molecule has 3 saturated heterocycles. The molecule has 3 fully saturated rings. The molecule has 3 heterocycles. The molecule has 0 radical (unpaired) electrons. The molecule has 112 valence electrons. The fourth-order valence-electron chi connectivity index (χ4n) is 4.30. The molecule has 1 amide bonds. The molecule has 4 heteroatoms. The van der Waals surface area contributed by atoms with Crippen LogP contribution in [0, 0.1) is 5.92 Å². The molecule has 1 aromatic rings. The van der Waals surface area contributed by atoms with E-state index in [-0.39, 0.29) is 17.9 Å². The Balaban J connectivity index is 1.55. The molecule has 1 N–H and O–H groups in total. The summed E-state index contributed by atoms with van der Waals surface area (Å²) in [5, 5.41) is 9.42. The first-order valence-electron chi connectivity index (χ1n) is 8.01. The number of β-amino-alcohol motifs (C(OH)–C–C–N with tert-alkyl or cyclic N) is 1. The maximum absolute atomic E-state index is 12.7. The van der Waals surface area contributed by atoms with Gasteiger partial charge in [-0.05, 0) is 31.4 Å². The lowest BCUT2D eigenvalue weighted by molar-refractivity contribution is -0.146. The minimum absolute atomic E-state index is 0.116. The van der Waals surface area contributed by atoms with Crippen molar-refractivity contribution in [2.45, 2.75) is 37.5 Å². The highest BCUT2D eigenvalue weighted by Gasteiger charge is 2.49. The van der Waals surface area contributed by atoms with E-state index >= 15 is 0 Å². The number of likely N-dealkylation sites (tertiary alicyclic amines) is 1. The first kappa shape index (κ1) is 13.3. The highest BCUT2D eigenvalue weighted by Crippen LogP contribution is 2.45. The van der Waals surface area contributed by atoms with Crippen molar-refractivity contribution < 1.29 is 9.90 Å². The van der Waals surface area contributed by atoms with Crippen molar-refractivity contribution in [3.05, 3.63) is 35.9 Å². The van der Waals surface area contributed by atoms with Crippen LogP contribution >= 0.6 is 0 Å². The number of aliphatic hydroxyl groups is 1. The van der Waals surface area contributed by atoms with E-state index in [1.54, 1.807) is 0 Å². The van der Waals surface area contributed by atoms with Gasteiger partial charge in [0, 0.05) is 25.2 Å². The monoisotopic (exact) mass is 286 g/mol. The van der Waals surface area contributed by atoms with E-state index in [0.717, 1.165) is 19.4 Å². The summed E-state index contributed by atoms with van der Waals surface area (Å²) >= 11 is 0. The van der Waals surface area contributed by atoms with Crippen molar-refractivity contribution in [2.24, 2.45) is 5.92 Å². The molecule has 3 aliphatic heterocycles. The summed E-state index contributed by atoms with van der Waals surface area (Å²) in [5.74, 6) is 0.376. The number of fused-ring (bicyclic) bond motifs is 1. The molecule has 4 nitrogen and oxygen atoms in total. The Kier molecular flexibility index (Phi) is 3.23. The van der Waals surface area contributed by atoms with Crippen LogP contribution in [-0.4, -0.2) is 52.6 Å². The van der Waals surface area contributed by atoms with Gasteiger partial charge in [0.2, 0.25) is 5.91 Å². The zero-order chi connectivity index (χ0) is 14.4. The highest BCUT2D eigenvalue weighted by atomic mass is 16.3. The van der Waals surface area contributed by atoms with E-state index in [2.05, 4.69) is 29.2 Å². The zero-order valence-corrected chi connectivity index (χ0v) is 12.2. The van der Waals surface area contributed by atoms with Gasteiger partial charge in [0.1, 0.15) is 0 Å². The predicted molar refractivity (Wildman–Crippen MR) is 79.6 cm³/mol. The number of amides is 1. The zero-order valence-electron chi connectivity index (χ0n) is 12.2. The van der Waals surface area contributed by atoms with Crippen LogP contribution in [0.1, 0.15) is 30.9 Å². The molecule has 0 bridgehead atoms.